The second kappa shape index (κ2) is 6.75. The predicted molar refractivity (Wildman–Crippen MR) is 76.0 cm³/mol. The lowest BCUT2D eigenvalue weighted by molar-refractivity contribution is 0.219. The second-order valence-corrected chi connectivity index (χ2v) is 6.77. The smallest absolute Gasteiger partial charge is 0.00482 e. The molecule has 0 radical (unpaired) electrons. The van der Waals surface area contributed by atoms with Gasteiger partial charge in [-0.1, -0.05) is 33.6 Å². The van der Waals surface area contributed by atoms with Gasteiger partial charge in [-0.3, -0.25) is 0 Å². The number of nitrogens with two attached hydrogens (primary N) is 1. The van der Waals surface area contributed by atoms with Crippen LogP contribution in [0.5, 0.6) is 0 Å². The van der Waals surface area contributed by atoms with Gasteiger partial charge in [0.15, 0.2) is 0 Å². The molecule has 1 saturated carbocycles. The Kier molecular flexibility index (Phi) is 5.94. The molecule has 0 saturated heterocycles. The Morgan fingerprint density at radius 3 is 2.18 bits per heavy atom. The van der Waals surface area contributed by atoms with E-state index in [1.807, 2.05) is 0 Å². The van der Waals surface area contributed by atoms with Gasteiger partial charge in [0.05, 0.1) is 0 Å². The third kappa shape index (κ3) is 4.97. The highest BCUT2D eigenvalue weighted by atomic mass is 14.9. The van der Waals surface area contributed by atoms with Crippen molar-refractivity contribution in [2.75, 3.05) is 13.1 Å². The van der Waals surface area contributed by atoms with Crippen LogP contribution in [-0.4, -0.2) is 19.1 Å². The van der Waals surface area contributed by atoms with Crippen molar-refractivity contribution in [3.8, 4) is 0 Å². The second-order valence-electron chi connectivity index (χ2n) is 6.77. The van der Waals surface area contributed by atoms with Crippen LogP contribution in [0, 0.1) is 17.3 Å². The van der Waals surface area contributed by atoms with Crippen LogP contribution >= 0.6 is 0 Å². The van der Waals surface area contributed by atoms with E-state index in [1.165, 1.54) is 38.6 Å². The highest BCUT2D eigenvalue weighted by Gasteiger charge is 2.33. The van der Waals surface area contributed by atoms with Crippen LogP contribution in [0.1, 0.15) is 59.8 Å². The van der Waals surface area contributed by atoms with Gasteiger partial charge in [0.1, 0.15) is 0 Å². The molecule has 2 heteroatoms. The molecule has 0 aromatic heterocycles. The molecule has 0 amide bonds. The van der Waals surface area contributed by atoms with Crippen molar-refractivity contribution >= 4 is 0 Å². The minimum atomic E-state index is 0.298. The molecule has 2 unspecified atom stereocenters. The molecule has 0 heterocycles. The van der Waals surface area contributed by atoms with Crippen LogP contribution in [0.25, 0.3) is 0 Å². The van der Waals surface area contributed by atoms with Crippen LogP contribution in [0.4, 0.5) is 0 Å². The van der Waals surface area contributed by atoms with Gasteiger partial charge in [-0.25, -0.2) is 0 Å². The first kappa shape index (κ1) is 15.0. The fourth-order valence-electron chi connectivity index (χ4n) is 3.19. The molecule has 0 spiro atoms. The molecule has 1 aliphatic carbocycles. The van der Waals surface area contributed by atoms with E-state index in [0.717, 1.165) is 12.5 Å². The topological polar surface area (TPSA) is 38.0 Å². The molecule has 1 aliphatic rings. The molecule has 17 heavy (non-hydrogen) atoms. The Balaban J connectivity index is 2.35. The van der Waals surface area contributed by atoms with E-state index >= 15 is 0 Å². The summed E-state index contributed by atoms with van der Waals surface area (Å²) in [7, 11) is 0. The van der Waals surface area contributed by atoms with Crippen LogP contribution in [0.2, 0.25) is 0 Å². The molecule has 2 atom stereocenters. The molecule has 0 aromatic rings. The Labute approximate surface area is 108 Å². The zero-order valence-electron chi connectivity index (χ0n) is 12.3. The lowest BCUT2D eigenvalue weighted by Crippen LogP contribution is -2.39. The lowest BCUT2D eigenvalue weighted by Gasteiger charge is -2.32. The van der Waals surface area contributed by atoms with Crippen molar-refractivity contribution in [2.24, 2.45) is 23.0 Å². The first-order chi connectivity index (χ1) is 7.95. The summed E-state index contributed by atoms with van der Waals surface area (Å²) in [5, 5.41) is 3.67. The molecule has 3 N–H and O–H groups in total. The van der Waals surface area contributed by atoms with Gasteiger partial charge in [-0.05, 0) is 50.0 Å². The minimum Gasteiger partial charge on any atom is -0.328 e. The maximum atomic E-state index is 5.90. The number of hydrogen-bond acceptors (Lipinski definition) is 2. The van der Waals surface area contributed by atoms with Gasteiger partial charge < -0.3 is 11.1 Å². The normalized spacial score (nSPS) is 22.9. The minimum absolute atomic E-state index is 0.298. The van der Waals surface area contributed by atoms with E-state index in [0.29, 0.717) is 17.4 Å². The standard InChI is InChI=1S/C15H32N2/c1-12(2)9-15(7-5-6-8-15)11-17-10-13(3)14(4)16/h12-14,17H,5-11,16H2,1-4H3. The molecule has 1 fully saturated rings. The molecule has 0 aliphatic heterocycles. The monoisotopic (exact) mass is 240 g/mol. The molecule has 0 bridgehead atoms. The molecule has 2 nitrogen and oxygen atoms in total. The third-order valence-electron chi connectivity index (χ3n) is 4.37. The van der Waals surface area contributed by atoms with Gasteiger partial charge in [-0.2, -0.15) is 0 Å². The van der Waals surface area contributed by atoms with Crippen molar-refractivity contribution in [2.45, 2.75) is 65.8 Å². The first-order valence-corrected chi connectivity index (χ1v) is 7.41. The quantitative estimate of drug-likeness (QED) is 0.717. The average Bonchev–Trinajstić information content (AvgIpc) is 2.65. The van der Waals surface area contributed by atoms with E-state index in [9.17, 15) is 0 Å². The molecular formula is C15H32N2. The summed E-state index contributed by atoms with van der Waals surface area (Å²) in [5.74, 6) is 1.40. The molecule has 0 aromatic carbocycles. The van der Waals surface area contributed by atoms with Gasteiger partial charge in [0, 0.05) is 12.6 Å². The van der Waals surface area contributed by atoms with Crippen LogP contribution in [0.15, 0.2) is 0 Å². The summed E-state index contributed by atoms with van der Waals surface area (Å²) in [4.78, 5) is 0. The summed E-state index contributed by atoms with van der Waals surface area (Å²) in [6.07, 6.45) is 7.08. The van der Waals surface area contributed by atoms with Gasteiger partial charge in [0.25, 0.3) is 0 Å². The van der Waals surface area contributed by atoms with E-state index in [2.05, 4.69) is 33.0 Å². The fraction of sp³-hybridized carbons (Fsp3) is 1.00. The highest BCUT2D eigenvalue weighted by Crippen LogP contribution is 2.42. The molecule has 102 valence electrons. The Morgan fingerprint density at radius 2 is 1.71 bits per heavy atom. The first-order valence-electron chi connectivity index (χ1n) is 7.41. The predicted octanol–water partition coefficient (Wildman–Crippen LogP) is 3.17. The van der Waals surface area contributed by atoms with Crippen LogP contribution in [-0.2, 0) is 0 Å². The maximum Gasteiger partial charge on any atom is 0.00482 e. The Hall–Kier alpha value is -0.0800. The summed E-state index contributed by atoms with van der Waals surface area (Å²) >= 11 is 0. The van der Waals surface area contributed by atoms with Crippen molar-refractivity contribution in [1.29, 1.82) is 0 Å². The lowest BCUT2D eigenvalue weighted by atomic mass is 9.78. The Morgan fingerprint density at radius 1 is 1.12 bits per heavy atom. The fourth-order valence-corrected chi connectivity index (χ4v) is 3.19. The highest BCUT2D eigenvalue weighted by molar-refractivity contribution is 4.87. The van der Waals surface area contributed by atoms with Gasteiger partial charge >= 0.3 is 0 Å². The Bertz CT molecular complexity index is 205. The largest absolute Gasteiger partial charge is 0.328 e. The number of rotatable bonds is 7. The van der Waals surface area contributed by atoms with E-state index in [-0.39, 0.29) is 0 Å². The van der Waals surface area contributed by atoms with E-state index in [4.69, 9.17) is 5.73 Å². The zero-order valence-corrected chi connectivity index (χ0v) is 12.3. The number of nitrogens with one attached hydrogen (secondary N) is 1. The summed E-state index contributed by atoms with van der Waals surface area (Å²) in [6, 6.07) is 0.298. The van der Waals surface area contributed by atoms with Crippen LogP contribution < -0.4 is 11.1 Å². The zero-order chi connectivity index (χ0) is 12.9. The summed E-state index contributed by atoms with van der Waals surface area (Å²) in [5.41, 5.74) is 6.49. The van der Waals surface area contributed by atoms with Crippen molar-refractivity contribution in [3.63, 3.8) is 0 Å². The maximum absolute atomic E-state index is 5.90. The van der Waals surface area contributed by atoms with Crippen molar-refractivity contribution < 1.29 is 0 Å². The summed E-state index contributed by atoms with van der Waals surface area (Å²) < 4.78 is 0. The SMILES string of the molecule is CC(C)CC1(CNCC(C)C(C)N)CCCC1. The average molecular weight is 240 g/mol. The molecule has 1 rings (SSSR count). The van der Waals surface area contributed by atoms with Crippen LogP contribution in [0.3, 0.4) is 0 Å². The van der Waals surface area contributed by atoms with Crippen molar-refractivity contribution in [3.05, 3.63) is 0 Å². The van der Waals surface area contributed by atoms with Gasteiger partial charge in [0.2, 0.25) is 0 Å². The summed E-state index contributed by atoms with van der Waals surface area (Å²) in [6.45, 7) is 11.3. The van der Waals surface area contributed by atoms with Gasteiger partial charge in [-0.15, -0.1) is 0 Å². The van der Waals surface area contributed by atoms with Crippen molar-refractivity contribution in [1.82, 2.24) is 5.32 Å². The van der Waals surface area contributed by atoms with E-state index < -0.39 is 0 Å². The number of hydrogen-bond donors (Lipinski definition) is 2. The third-order valence-corrected chi connectivity index (χ3v) is 4.37. The van der Waals surface area contributed by atoms with E-state index in [1.54, 1.807) is 0 Å². The molecular weight excluding hydrogens is 208 g/mol.